The molecular weight excluding hydrogens is 330 g/mol. The number of fused-ring (bicyclic) bond motifs is 1. The zero-order chi connectivity index (χ0) is 17.3. The van der Waals surface area contributed by atoms with Crippen molar-refractivity contribution in [2.24, 2.45) is 5.73 Å². The number of hydrogen-bond donors (Lipinski definition) is 1. The molecule has 1 heterocycles. The molecule has 0 spiro atoms. The predicted octanol–water partition coefficient (Wildman–Crippen LogP) is 3.29. The maximum Gasteiger partial charge on any atom is 0.344 e. The van der Waals surface area contributed by atoms with Gasteiger partial charge >= 0.3 is 5.63 Å². The molecule has 0 aliphatic heterocycles. The third-order valence-corrected chi connectivity index (χ3v) is 3.90. The average Bonchev–Trinajstić information content (AvgIpc) is 2.54. The highest BCUT2D eigenvalue weighted by Gasteiger charge is 2.14. The molecule has 24 heavy (non-hydrogen) atoms. The number of carbonyl (C=O) groups is 1. The first-order chi connectivity index (χ1) is 11.5. The van der Waals surface area contributed by atoms with Crippen LogP contribution < -0.4 is 16.1 Å². The Kier molecular flexibility index (Phi) is 4.27. The highest BCUT2D eigenvalue weighted by atomic mass is 35.5. The van der Waals surface area contributed by atoms with Gasteiger partial charge in [0.05, 0.1) is 5.56 Å². The minimum atomic E-state index is -0.578. The van der Waals surface area contributed by atoms with E-state index in [4.69, 9.17) is 26.5 Å². The van der Waals surface area contributed by atoms with E-state index in [9.17, 15) is 9.59 Å². The molecule has 1 aromatic heterocycles. The Labute approximate surface area is 142 Å². The number of halogens is 1. The van der Waals surface area contributed by atoms with Crippen LogP contribution in [0.15, 0.2) is 51.7 Å². The van der Waals surface area contributed by atoms with Gasteiger partial charge in [-0.3, -0.25) is 4.79 Å². The number of nitrogens with two attached hydrogens (primary N) is 1. The number of amides is 1. The Bertz CT molecular complexity index is 977. The average molecular weight is 344 g/mol. The maximum atomic E-state index is 12.4. The van der Waals surface area contributed by atoms with Crippen molar-refractivity contribution >= 4 is 28.5 Å². The van der Waals surface area contributed by atoms with Gasteiger partial charge in [0, 0.05) is 16.5 Å². The molecule has 3 rings (SSSR count). The first-order valence-corrected chi connectivity index (χ1v) is 7.58. The van der Waals surface area contributed by atoms with Crippen molar-refractivity contribution in [3.05, 3.63) is 63.5 Å². The lowest BCUT2D eigenvalue weighted by atomic mass is 10.00. The topological polar surface area (TPSA) is 82.5 Å². The number of aryl methyl sites for hydroxylation is 1. The molecule has 6 heteroatoms. The van der Waals surface area contributed by atoms with Crippen molar-refractivity contribution in [2.75, 3.05) is 6.61 Å². The molecule has 0 saturated heterocycles. The van der Waals surface area contributed by atoms with E-state index in [0.717, 1.165) is 16.5 Å². The Morgan fingerprint density at radius 3 is 2.58 bits per heavy atom. The number of benzene rings is 2. The molecule has 0 fully saturated rings. The van der Waals surface area contributed by atoms with Crippen molar-refractivity contribution in [1.29, 1.82) is 0 Å². The van der Waals surface area contributed by atoms with Gasteiger partial charge in [0.2, 0.25) is 0 Å². The molecule has 5 nitrogen and oxygen atoms in total. The van der Waals surface area contributed by atoms with Crippen molar-refractivity contribution in [3.8, 4) is 16.9 Å². The van der Waals surface area contributed by atoms with Gasteiger partial charge in [-0.2, -0.15) is 0 Å². The lowest BCUT2D eigenvalue weighted by Gasteiger charge is -2.10. The van der Waals surface area contributed by atoms with Gasteiger partial charge in [-0.05, 0) is 42.3 Å². The van der Waals surface area contributed by atoms with Crippen molar-refractivity contribution in [3.63, 3.8) is 0 Å². The second kappa shape index (κ2) is 6.37. The van der Waals surface area contributed by atoms with Gasteiger partial charge in [0.1, 0.15) is 11.3 Å². The molecule has 0 aliphatic carbocycles. The number of ether oxygens (including phenoxy) is 1. The molecule has 3 aromatic rings. The Morgan fingerprint density at radius 2 is 1.92 bits per heavy atom. The van der Waals surface area contributed by atoms with Gasteiger partial charge < -0.3 is 14.9 Å². The van der Waals surface area contributed by atoms with Crippen LogP contribution in [-0.4, -0.2) is 12.5 Å². The first kappa shape index (κ1) is 16.1. The van der Waals surface area contributed by atoms with Crippen LogP contribution in [0, 0.1) is 6.92 Å². The summed E-state index contributed by atoms with van der Waals surface area (Å²) in [6.07, 6.45) is 0. The third kappa shape index (κ3) is 3.12. The van der Waals surface area contributed by atoms with E-state index in [-0.39, 0.29) is 6.61 Å². The van der Waals surface area contributed by atoms with E-state index in [1.54, 1.807) is 42.5 Å². The van der Waals surface area contributed by atoms with E-state index in [2.05, 4.69) is 0 Å². The van der Waals surface area contributed by atoms with E-state index in [0.29, 0.717) is 21.9 Å². The minimum Gasteiger partial charge on any atom is -0.484 e. The molecule has 2 N–H and O–H groups in total. The number of carbonyl (C=O) groups excluding carboxylic acids is 1. The van der Waals surface area contributed by atoms with Gasteiger partial charge in [-0.1, -0.05) is 23.7 Å². The van der Waals surface area contributed by atoms with Crippen molar-refractivity contribution < 1.29 is 13.9 Å². The maximum absolute atomic E-state index is 12.4. The third-order valence-electron chi connectivity index (χ3n) is 3.65. The minimum absolute atomic E-state index is 0.239. The summed E-state index contributed by atoms with van der Waals surface area (Å²) in [6, 6.07) is 12.0. The van der Waals surface area contributed by atoms with E-state index in [1.807, 2.05) is 6.92 Å². The fraction of sp³-hybridized carbons (Fsp3) is 0.111. The molecule has 0 unspecified atom stereocenters. The SMILES string of the molecule is Cc1c(-c2ccc(Cl)cc2)c(=O)oc2cc(OCC(N)=O)ccc12. The molecule has 0 aliphatic rings. The van der Waals surface area contributed by atoms with Crippen LogP contribution in [-0.2, 0) is 4.79 Å². The molecule has 0 saturated carbocycles. The summed E-state index contributed by atoms with van der Waals surface area (Å²) in [6.45, 7) is 1.62. The Balaban J connectivity index is 2.10. The lowest BCUT2D eigenvalue weighted by Crippen LogP contribution is -2.20. The second-order valence-corrected chi connectivity index (χ2v) is 5.75. The number of hydrogen-bond acceptors (Lipinski definition) is 4. The number of primary amides is 1. The van der Waals surface area contributed by atoms with Crippen LogP contribution in [0.4, 0.5) is 0 Å². The molecule has 0 atom stereocenters. The smallest absolute Gasteiger partial charge is 0.344 e. The Hall–Kier alpha value is -2.79. The number of rotatable bonds is 4. The van der Waals surface area contributed by atoms with Crippen LogP contribution in [0.5, 0.6) is 5.75 Å². The highest BCUT2D eigenvalue weighted by Crippen LogP contribution is 2.29. The summed E-state index contributed by atoms with van der Waals surface area (Å²) >= 11 is 5.89. The monoisotopic (exact) mass is 343 g/mol. The zero-order valence-electron chi connectivity index (χ0n) is 12.8. The summed E-state index contributed by atoms with van der Waals surface area (Å²) in [5.41, 5.74) is 7.01. The predicted molar refractivity (Wildman–Crippen MR) is 92.4 cm³/mol. The van der Waals surface area contributed by atoms with Crippen molar-refractivity contribution in [1.82, 2.24) is 0 Å². The fourth-order valence-corrected chi connectivity index (χ4v) is 2.66. The largest absolute Gasteiger partial charge is 0.484 e. The van der Waals surface area contributed by atoms with Gasteiger partial charge in [0.25, 0.3) is 5.91 Å². The normalized spacial score (nSPS) is 10.8. The molecule has 1 amide bonds. The van der Waals surface area contributed by atoms with Crippen LogP contribution in [0.2, 0.25) is 5.02 Å². The molecule has 122 valence electrons. The second-order valence-electron chi connectivity index (χ2n) is 5.31. The molecule has 0 radical (unpaired) electrons. The summed E-state index contributed by atoms with van der Waals surface area (Å²) in [5.74, 6) is -0.172. The van der Waals surface area contributed by atoms with Crippen molar-refractivity contribution in [2.45, 2.75) is 6.92 Å². The van der Waals surface area contributed by atoms with Crippen LogP contribution in [0.1, 0.15) is 5.56 Å². The van der Waals surface area contributed by atoms with Gasteiger partial charge in [0.15, 0.2) is 6.61 Å². The quantitative estimate of drug-likeness (QED) is 0.737. The summed E-state index contributed by atoms with van der Waals surface area (Å²) in [4.78, 5) is 23.2. The van der Waals surface area contributed by atoms with Gasteiger partial charge in [-0.25, -0.2) is 4.79 Å². The van der Waals surface area contributed by atoms with Crippen LogP contribution >= 0.6 is 11.6 Å². The van der Waals surface area contributed by atoms with Crippen LogP contribution in [0.25, 0.3) is 22.1 Å². The summed E-state index contributed by atoms with van der Waals surface area (Å²) < 4.78 is 10.7. The van der Waals surface area contributed by atoms with E-state index < -0.39 is 11.5 Å². The van der Waals surface area contributed by atoms with Crippen LogP contribution in [0.3, 0.4) is 0 Å². The molecule has 2 aromatic carbocycles. The van der Waals surface area contributed by atoms with E-state index >= 15 is 0 Å². The lowest BCUT2D eigenvalue weighted by molar-refractivity contribution is -0.119. The highest BCUT2D eigenvalue weighted by molar-refractivity contribution is 6.30. The fourth-order valence-electron chi connectivity index (χ4n) is 2.53. The first-order valence-electron chi connectivity index (χ1n) is 7.20. The molecule has 0 bridgehead atoms. The summed E-state index contributed by atoms with van der Waals surface area (Å²) in [7, 11) is 0. The Morgan fingerprint density at radius 1 is 1.21 bits per heavy atom. The van der Waals surface area contributed by atoms with E-state index in [1.165, 1.54) is 0 Å². The van der Waals surface area contributed by atoms with Gasteiger partial charge in [-0.15, -0.1) is 0 Å². The standard InChI is InChI=1S/C18H14ClNO4/c1-10-14-7-6-13(23-9-16(20)21)8-15(14)24-18(22)17(10)11-2-4-12(19)5-3-11/h2-8H,9H2,1H3,(H2,20,21). The summed E-state index contributed by atoms with van der Waals surface area (Å²) in [5, 5.41) is 1.38. The molecular formula is C18H14ClNO4. The zero-order valence-corrected chi connectivity index (χ0v) is 13.6.